The van der Waals surface area contributed by atoms with Crippen molar-refractivity contribution in [1.82, 2.24) is 14.8 Å². The average molecular weight is 236 g/mol. The molecule has 0 saturated carbocycles. The van der Waals surface area contributed by atoms with Crippen LogP contribution in [-0.4, -0.2) is 14.8 Å². The number of nitrogens with zero attached hydrogens (tertiary/aromatic N) is 3. The minimum Gasteiger partial charge on any atom is -0.268 e. The summed E-state index contributed by atoms with van der Waals surface area (Å²) in [6.07, 6.45) is 0. The minimum absolute atomic E-state index is 0.694. The third kappa shape index (κ3) is 1.83. The molecule has 2 heterocycles. The monoisotopic (exact) mass is 235 g/mol. The van der Waals surface area contributed by atoms with E-state index < -0.39 is 0 Å². The van der Waals surface area contributed by atoms with Crippen molar-refractivity contribution in [3.8, 4) is 11.4 Å². The lowest BCUT2D eigenvalue weighted by atomic mass is 10.2. The Morgan fingerprint density at radius 1 is 1.31 bits per heavy atom. The fraction of sp³-hybridized carbons (Fsp3) is 0.333. The Bertz CT molecular complexity index is 517. The van der Waals surface area contributed by atoms with Crippen molar-refractivity contribution < 1.29 is 0 Å². The van der Waals surface area contributed by atoms with E-state index in [9.17, 15) is 0 Å². The summed E-state index contributed by atoms with van der Waals surface area (Å²) in [7, 11) is 0. The van der Waals surface area contributed by atoms with Crippen LogP contribution in [0.2, 0.25) is 5.02 Å². The Balaban J connectivity index is 2.56. The summed E-state index contributed by atoms with van der Waals surface area (Å²) >= 11 is 6.26. The molecule has 0 spiro atoms. The second-order valence-electron chi connectivity index (χ2n) is 3.73. The van der Waals surface area contributed by atoms with Gasteiger partial charge >= 0.3 is 0 Å². The van der Waals surface area contributed by atoms with Crippen LogP contribution in [0.4, 0.5) is 0 Å². The second-order valence-corrected chi connectivity index (χ2v) is 4.11. The fourth-order valence-corrected chi connectivity index (χ4v) is 1.90. The van der Waals surface area contributed by atoms with Crippen LogP contribution in [0.25, 0.3) is 11.4 Å². The van der Waals surface area contributed by atoms with Gasteiger partial charge in [0, 0.05) is 12.2 Å². The first-order chi connectivity index (χ1) is 7.63. The number of pyridine rings is 1. The zero-order valence-corrected chi connectivity index (χ0v) is 10.4. The predicted octanol–water partition coefficient (Wildman–Crippen LogP) is 3.24. The van der Waals surface area contributed by atoms with Crippen molar-refractivity contribution in [2.75, 3.05) is 0 Å². The van der Waals surface area contributed by atoms with E-state index in [1.54, 1.807) is 0 Å². The molecular weight excluding hydrogens is 222 g/mol. The highest BCUT2D eigenvalue weighted by Gasteiger charge is 2.14. The molecule has 0 amide bonds. The lowest BCUT2D eigenvalue weighted by molar-refractivity contribution is 0.641. The molecule has 0 aromatic carbocycles. The molecule has 2 rings (SSSR count). The molecule has 0 N–H and O–H groups in total. The Morgan fingerprint density at radius 2 is 2.06 bits per heavy atom. The molecule has 0 fully saturated rings. The first kappa shape index (κ1) is 11.1. The summed E-state index contributed by atoms with van der Waals surface area (Å²) in [5.74, 6) is 0. The summed E-state index contributed by atoms with van der Waals surface area (Å²) in [4.78, 5) is 4.43. The standard InChI is InChI=1S/C12H14ClN3/c1-4-16-9(3)11(13)12(15-16)10-7-5-6-8(2)14-10/h5-7H,4H2,1-3H3. The van der Waals surface area contributed by atoms with Gasteiger partial charge in [0.15, 0.2) is 0 Å². The van der Waals surface area contributed by atoms with E-state index in [1.165, 1.54) is 0 Å². The first-order valence-corrected chi connectivity index (χ1v) is 5.68. The molecular formula is C12H14ClN3. The SMILES string of the molecule is CCn1nc(-c2cccc(C)n2)c(Cl)c1C. The molecule has 0 unspecified atom stereocenters. The van der Waals surface area contributed by atoms with Gasteiger partial charge in [-0.2, -0.15) is 5.10 Å². The third-order valence-corrected chi connectivity index (χ3v) is 3.02. The molecule has 0 radical (unpaired) electrons. The molecule has 3 nitrogen and oxygen atoms in total. The highest BCUT2D eigenvalue weighted by atomic mass is 35.5. The van der Waals surface area contributed by atoms with Crippen LogP contribution in [0.1, 0.15) is 18.3 Å². The third-order valence-electron chi connectivity index (χ3n) is 2.56. The van der Waals surface area contributed by atoms with E-state index in [4.69, 9.17) is 11.6 Å². The Hall–Kier alpha value is -1.35. The molecule has 4 heteroatoms. The van der Waals surface area contributed by atoms with E-state index in [-0.39, 0.29) is 0 Å². The summed E-state index contributed by atoms with van der Waals surface area (Å²) in [6, 6.07) is 5.86. The normalized spacial score (nSPS) is 10.8. The number of hydrogen-bond donors (Lipinski definition) is 0. The average Bonchev–Trinajstić information content (AvgIpc) is 2.56. The lowest BCUT2D eigenvalue weighted by Crippen LogP contribution is -1.98. The molecule has 2 aromatic heterocycles. The van der Waals surface area contributed by atoms with Gasteiger partial charge in [-0.25, -0.2) is 0 Å². The topological polar surface area (TPSA) is 30.7 Å². The highest BCUT2D eigenvalue weighted by Crippen LogP contribution is 2.28. The zero-order chi connectivity index (χ0) is 11.7. The first-order valence-electron chi connectivity index (χ1n) is 5.30. The summed E-state index contributed by atoms with van der Waals surface area (Å²) < 4.78 is 1.89. The van der Waals surface area contributed by atoms with Crippen molar-refractivity contribution in [2.24, 2.45) is 0 Å². The lowest BCUT2D eigenvalue weighted by Gasteiger charge is -1.98. The molecule has 0 aliphatic carbocycles. The Morgan fingerprint density at radius 3 is 2.62 bits per heavy atom. The van der Waals surface area contributed by atoms with Crippen LogP contribution in [0.15, 0.2) is 18.2 Å². The second kappa shape index (κ2) is 4.26. The Labute approximate surface area is 100 Å². The van der Waals surface area contributed by atoms with Gasteiger partial charge in [0.05, 0.1) is 16.4 Å². The maximum atomic E-state index is 6.26. The zero-order valence-electron chi connectivity index (χ0n) is 9.66. The van der Waals surface area contributed by atoms with E-state index in [1.807, 2.05) is 43.7 Å². The van der Waals surface area contributed by atoms with Crippen LogP contribution in [0, 0.1) is 13.8 Å². The van der Waals surface area contributed by atoms with Gasteiger partial charge in [-0.1, -0.05) is 17.7 Å². The molecule has 84 valence electrons. The highest BCUT2D eigenvalue weighted by molar-refractivity contribution is 6.33. The number of aromatic nitrogens is 3. The number of rotatable bonds is 2. The Kier molecular flexibility index (Phi) is 2.97. The van der Waals surface area contributed by atoms with E-state index in [0.717, 1.165) is 29.3 Å². The molecule has 2 aromatic rings. The van der Waals surface area contributed by atoms with E-state index in [2.05, 4.69) is 10.1 Å². The molecule has 0 aliphatic heterocycles. The van der Waals surface area contributed by atoms with Crippen LogP contribution >= 0.6 is 11.6 Å². The minimum atomic E-state index is 0.694. The number of aryl methyl sites for hydroxylation is 2. The summed E-state index contributed by atoms with van der Waals surface area (Å²) in [6.45, 7) is 6.79. The van der Waals surface area contributed by atoms with E-state index >= 15 is 0 Å². The van der Waals surface area contributed by atoms with Gasteiger partial charge < -0.3 is 0 Å². The van der Waals surface area contributed by atoms with Crippen LogP contribution in [0.3, 0.4) is 0 Å². The van der Waals surface area contributed by atoms with Crippen LogP contribution < -0.4 is 0 Å². The van der Waals surface area contributed by atoms with Crippen molar-refractivity contribution in [3.63, 3.8) is 0 Å². The fourth-order valence-electron chi connectivity index (χ4n) is 1.67. The quantitative estimate of drug-likeness (QED) is 0.800. The van der Waals surface area contributed by atoms with Crippen LogP contribution in [-0.2, 0) is 6.54 Å². The van der Waals surface area contributed by atoms with Gasteiger partial charge in [-0.15, -0.1) is 0 Å². The summed E-state index contributed by atoms with van der Waals surface area (Å²) in [5, 5.41) is 5.16. The van der Waals surface area contributed by atoms with E-state index in [0.29, 0.717) is 5.02 Å². The molecule has 0 saturated heterocycles. The van der Waals surface area contributed by atoms with Gasteiger partial charge in [-0.3, -0.25) is 9.67 Å². The van der Waals surface area contributed by atoms with Gasteiger partial charge in [-0.05, 0) is 32.9 Å². The van der Waals surface area contributed by atoms with Crippen LogP contribution in [0.5, 0.6) is 0 Å². The van der Waals surface area contributed by atoms with Crippen molar-refractivity contribution in [1.29, 1.82) is 0 Å². The molecule has 16 heavy (non-hydrogen) atoms. The number of hydrogen-bond acceptors (Lipinski definition) is 2. The number of halogens is 1. The van der Waals surface area contributed by atoms with Gasteiger partial charge in [0.1, 0.15) is 5.69 Å². The van der Waals surface area contributed by atoms with Crippen molar-refractivity contribution in [2.45, 2.75) is 27.3 Å². The smallest absolute Gasteiger partial charge is 0.130 e. The van der Waals surface area contributed by atoms with Crippen molar-refractivity contribution >= 4 is 11.6 Å². The summed E-state index contributed by atoms with van der Waals surface area (Å²) in [5.41, 5.74) is 3.56. The maximum absolute atomic E-state index is 6.26. The van der Waals surface area contributed by atoms with Gasteiger partial charge in [0.2, 0.25) is 0 Å². The predicted molar refractivity (Wildman–Crippen MR) is 65.6 cm³/mol. The molecule has 0 bridgehead atoms. The van der Waals surface area contributed by atoms with Crippen molar-refractivity contribution in [3.05, 3.63) is 34.6 Å². The molecule has 0 atom stereocenters. The largest absolute Gasteiger partial charge is 0.268 e. The van der Waals surface area contributed by atoms with Gasteiger partial charge in [0.25, 0.3) is 0 Å². The molecule has 0 aliphatic rings. The maximum Gasteiger partial charge on any atom is 0.130 e.